The molecule has 0 aliphatic rings. The Morgan fingerprint density at radius 3 is 2.70 bits per heavy atom. The number of H-pyrrole nitrogens is 1. The molecule has 4 rings (SSSR count). The summed E-state index contributed by atoms with van der Waals surface area (Å²) in [6.07, 6.45) is 2.49. The van der Waals surface area contributed by atoms with Crippen molar-refractivity contribution in [1.82, 2.24) is 29.9 Å². The van der Waals surface area contributed by atoms with E-state index in [2.05, 4.69) is 27.1 Å². The molecule has 0 spiro atoms. The van der Waals surface area contributed by atoms with Gasteiger partial charge in [0.1, 0.15) is 23.6 Å². The van der Waals surface area contributed by atoms with Crippen LogP contribution in [0, 0.1) is 6.92 Å². The zero-order valence-corrected chi connectivity index (χ0v) is 17.3. The summed E-state index contributed by atoms with van der Waals surface area (Å²) in [5, 5.41) is 8.44. The van der Waals surface area contributed by atoms with E-state index in [1.54, 1.807) is 11.6 Å². The first kappa shape index (κ1) is 19.8. The number of aromatic nitrogens is 6. The van der Waals surface area contributed by atoms with Gasteiger partial charge in [0.2, 0.25) is 5.89 Å². The molecule has 1 aromatic carbocycles. The molecule has 0 atom stereocenters. The van der Waals surface area contributed by atoms with E-state index >= 15 is 0 Å². The minimum absolute atomic E-state index is 0.291. The maximum Gasteiger partial charge on any atom is 0.279 e. The number of aromatic amines is 1. The van der Waals surface area contributed by atoms with Gasteiger partial charge in [0.15, 0.2) is 11.3 Å². The van der Waals surface area contributed by atoms with E-state index in [9.17, 15) is 4.79 Å². The first-order chi connectivity index (χ1) is 14.6. The van der Waals surface area contributed by atoms with Crippen molar-refractivity contribution >= 4 is 11.0 Å². The number of nitrogens with one attached hydrogen (secondary N) is 1. The van der Waals surface area contributed by atoms with Crippen molar-refractivity contribution in [2.24, 2.45) is 0 Å². The first-order valence-electron chi connectivity index (χ1n) is 10.1. The van der Waals surface area contributed by atoms with Crippen LogP contribution in [0.25, 0.3) is 22.4 Å². The van der Waals surface area contributed by atoms with E-state index in [0.717, 1.165) is 30.5 Å². The number of ether oxygens (including phenoxy) is 1. The molecule has 156 valence electrons. The van der Waals surface area contributed by atoms with Crippen molar-refractivity contribution in [2.45, 2.75) is 46.6 Å². The predicted molar refractivity (Wildman–Crippen MR) is 112 cm³/mol. The maximum absolute atomic E-state index is 12.9. The first-order valence-corrected chi connectivity index (χ1v) is 10.1. The molecule has 0 saturated heterocycles. The summed E-state index contributed by atoms with van der Waals surface area (Å²) in [5.74, 6) is 2.15. The zero-order chi connectivity index (χ0) is 21.1. The number of rotatable bonds is 8. The van der Waals surface area contributed by atoms with Gasteiger partial charge in [0, 0.05) is 6.92 Å². The molecular formula is C21H24N6O3. The standard InChI is InChI=1S/C21H24N6O3/c1-4-8-15-18-19(25-27(15)12-17-22-13(3)30-26-17)21(28)24-20(23-18)14-9-6-7-10-16(14)29-11-5-2/h6-7,9-10H,4-5,8,11-12H2,1-3H3,(H,23,24,28). The molecule has 4 aromatic rings. The topological polar surface area (TPSA) is 112 Å². The van der Waals surface area contributed by atoms with Gasteiger partial charge >= 0.3 is 0 Å². The zero-order valence-electron chi connectivity index (χ0n) is 17.3. The minimum atomic E-state index is -0.291. The third-order valence-corrected chi connectivity index (χ3v) is 4.65. The average molecular weight is 408 g/mol. The second kappa shape index (κ2) is 8.48. The summed E-state index contributed by atoms with van der Waals surface area (Å²) >= 11 is 0. The molecule has 30 heavy (non-hydrogen) atoms. The molecule has 9 heteroatoms. The van der Waals surface area contributed by atoms with Crippen molar-refractivity contribution in [3.8, 4) is 17.1 Å². The Morgan fingerprint density at radius 2 is 1.97 bits per heavy atom. The van der Waals surface area contributed by atoms with Crippen LogP contribution in [0.2, 0.25) is 0 Å². The highest BCUT2D eigenvalue weighted by molar-refractivity contribution is 5.79. The van der Waals surface area contributed by atoms with Crippen molar-refractivity contribution in [3.63, 3.8) is 0 Å². The Bertz CT molecular complexity index is 1220. The van der Waals surface area contributed by atoms with E-state index in [0.29, 0.717) is 47.5 Å². The normalized spacial score (nSPS) is 11.3. The summed E-state index contributed by atoms with van der Waals surface area (Å²) in [4.78, 5) is 24.7. The number of hydrogen-bond acceptors (Lipinski definition) is 7. The smallest absolute Gasteiger partial charge is 0.279 e. The van der Waals surface area contributed by atoms with Crippen molar-refractivity contribution in [2.75, 3.05) is 6.61 Å². The van der Waals surface area contributed by atoms with Gasteiger partial charge in [-0.25, -0.2) is 4.98 Å². The molecule has 0 radical (unpaired) electrons. The summed E-state index contributed by atoms with van der Waals surface area (Å²) in [6.45, 7) is 6.76. The Kier molecular flexibility index (Phi) is 5.60. The van der Waals surface area contributed by atoms with E-state index < -0.39 is 0 Å². The van der Waals surface area contributed by atoms with Gasteiger partial charge in [-0.1, -0.05) is 37.6 Å². The molecular weight excluding hydrogens is 384 g/mol. The molecule has 0 unspecified atom stereocenters. The lowest BCUT2D eigenvalue weighted by atomic mass is 10.1. The number of fused-ring (bicyclic) bond motifs is 1. The van der Waals surface area contributed by atoms with Crippen LogP contribution in [0.1, 0.15) is 44.1 Å². The fraction of sp³-hybridized carbons (Fsp3) is 0.381. The van der Waals surface area contributed by atoms with Gasteiger partial charge in [-0.05, 0) is 25.0 Å². The van der Waals surface area contributed by atoms with Crippen LogP contribution in [-0.2, 0) is 13.0 Å². The predicted octanol–water partition coefficient (Wildman–Crippen LogP) is 3.27. The molecule has 3 aromatic heterocycles. The fourth-order valence-electron chi connectivity index (χ4n) is 3.35. The number of nitrogens with zero attached hydrogens (tertiary/aromatic N) is 5. The Balaban J connectivity index is 1.83. The van der Waals surface area contributed by atoms with Crippen LogP contribution in [0.5, 0.6) is 5.75 Å². The fourth-order valence-corrected chi connectivity index (χ4v) is 3.35. The average Bonchev–Trinajstić information content (AvgIpc) is 3.31. The summed E-state index contributed by atoms with van der Waals surface area (Å²) < 4.78 is 12.6. The molecule has 3 heterocycles. The Morgan fingerprint density at radius 1 is 1.13 bits per heavy atom. The quantitative estimate of drug-likeness (QED) is 0.476. The molecule has 0 aliphatic carbocycles. The number of benzene rings is 1. The van der Waals surface area contributed by atoms with E-state index in [1.165, 1.54) is 0 Å². The Hall–Kier alpha value is -3.49. The monoisotopic (exact) mass is 408 g/mol. The molecule has 0 fully saturated rings. The van der Waals surface area contributed by atoms with Crippen LogP contribution in [-0.4, -0.2) is 36.5 Å². The maximum atomic E-state index is 12.9. The molecule has 9 nitrogen and oxygen atoms in total. The summed E-state index contributed by atoms with van der Waals surface area (Å²) in [6, 6.07) is 7.57. The lowest BCUT2D eigenvalue weighted by molar-refractivity contribution is 0.318. The van der Waals surface area contributed by atoms with E-state index in [1.807, 2.05) is 31.2 Å². The van der Waals surface area contributed by atoms with Crippen molar-refractivity contribution < 1.29 is 9.26 Å². The summed E-state index contributed by atoms with van der Waals surface area (Å²) in [5.41, 5.74) is 2.21. The summed E-state index contributed by atoms with van der Waals surface area (Å²) in [7, 11) is 0. The van der Waals surface area contributed by atoms with Crippen LogP contribution in [0.15, 0.2) is 33.6 Å². The van der Waals surface area contributed by atoms with Gasteiger partial charge < -0.3 is 14.2 Å². The SMILES string of the molecule is CCCOc1ccccc1-c1nc2c(CCC)n(Cc3noc(C)n3)nc2c(=O)[nH]1. The Labute approximate surface area is 173 Å². The number of para-hydroxylation sites is 1. The molecule has 0 saturated carbocycles. The van der Waals surface area contributed by atoms with Gasteiger partial charge in [-0.3, -0.25) is 9.48 Å². The third-order valence-electron chi connectivity index (χ3n) is 4.65. The third kappa shape index (κ3) is 3.83. The van der Waals surface area contributed by atoms with Crippen LogP contribution in [0.4, 0.5) is 0 Å². The molecule has 1 N–H and O–H groups in total. The van der Waals surface area contributed by atoms with Crippen LogP contribution >= 0.6 is 0 Å². The van der Waals surface area contributed by atoms with Crippen LogP contribution in [0.3, 0.4) is 0 Å². The van der Waals surface area contributed by atoms with E-state index in [-0.39, 0.29) is 5.56 Å². The molecule has 0 amide bonds. The van der Waals surface area contributed by atoms with Gasteiger partial charge in [0.25, 0.3) is 5.56 Å². The lowest BCUT2D eigenvalue weighted by Gasteiger charge is -2.10. The highest BCUT2D eigenvalue weighted by Gasteiger charge is 2.19. The largest absolute Gasteiger partial charge is 0.493 e. The minimum Gasteiger partial charge on any atom is -0.493 e. The molecule has 0 aliphatic heterocycles. The second-order valence-corrected chi connectivity index (χ2v) is 7.04. The van der Waals surface area contributed by atoms with Gasteiger partial charge in [-0.15, -0.1) is 0 Å². The molecule has 0 bridgehead atoms. The highest BCUT2D eigenvalue weighted by Crippen LogP contribution is 2.28. The van der Waals surface area contributed by atoms with Crippen LogP contribution < -0.4 is 10.3 Å². The van der Waals surface area contributed by atoms with Gasteiger partial charge in [-0.2, -0.15) is 10.1 Å². The van der Waals surface area contributed by atoms with E-state index in [4.69, 9.17) is 14.2 Å². The van der Waals surface area contributed by atoms with Crippen molar-refractivity contribution in [1.29, 1.82) is 0 Å². The lowest BCUT2D eigenvalue weighted by Crippen LogP contribution is -2.10. The number of hydrogen-bond donors (Lipinski definition) is 1. The highest BCUT2D eigenvalue weighted by atomic mass is 16.5. The van der Waals surface area contributed by atoms with Crippen molar-refractivity contribution in [3.05, 3.63) is 52.0 Å². The second-order valence-electron chi connectivity index (χ2n) is 7.04. The number of aryl methyl sites for hydroxylation is 2. The van der Waals surface area contributed by atoms with Gasteiger partial charge in [0.05, 0.1) is 17.9 Å².